The summed E-state index contributed by atoms with van der Waals surface area (Å²) in [5, 5.41) is 3.35. The summed E-state index contributed by atoms with van der Waals surface area (Å²) in [4.78, 5) is 11.7. The van der Waals surface area contributed by atoms with Crippen molar-refractivity contribution in [1.82, 2.24) is 5.32 Å². The molecule has 1 aliphatic carbocycles. The average molecular weight is 358 g/mol. The lowest BCUT2D eigenvalue weighted by Crippen LogP contribution is -2.38. The highest BCUT2D eigenvalue weighted by molar-refractivity contribution is 5.90. The number of esters is 1. The number of nitrogens with one attached hydrogen (secondary N) is 1. The Hall–Kier alpha value is -1.33. The van der Waals surface area contributed by atoms with Gasteiger partial charge in [-0.2, -0.15) is 0 Å². The molecule has 134 valence electrons. The van der Waals surface area contributed by atoms with E-state index in [2.05, 4.69) is 17.0 Å². The first-order valence-electron chi connectivity index (χ1n) is 8.28. The van der Waals surface area contributed by atoms with Gasteiger partial charge in [0.25, 0.3) is 0 Å². The van der Waals surface area contributed by atoms with E-state index in [-0.39, 0.29) is 23.4 Å². The van der Waals surface area contributed by atoms with E-state index in [1.54, 1.807) is 6.07 Å². The molecule has 3 rings (SSSR count). The van der Waals surface area contributed by atoms with Crippen LogP contribution in [0.2, 0.25) is 0 Å². The Kier molecular flexibility index (Phi) is 6.10. The molecule has 4 nitrogen and oxygen atoms in total. The van der Waals surface area contributed by atoms with Gasteiger partial charge in [-0.1, -0.05) is 6.92 Å². The summed E-state index contributed by atoms with van der Waals surface area (Å²) < 4.78 is 24.9. The standard InChI is InChI=1S/C18H24FNO3.ClH/c1-18(5-7-20-8-6-18)11-23-16-10-15(19)14(17(21)22-2)9-13(16)12-3-4-12;/h9-10,12,20H,3-8,11H2,1-2H3;1H. The monoisotopic (exact) mass is 357 g/mol. The number of benzene rings is 1. The summed E-state index contributed by atoms with van der Waals surface area (Å²) in [6.07, 6.45) is 4.22. The minimum atomic E-state index is -0.638. The van der Waals surface area contributed by atoms with Crippen LogP contribution < -0.4 is 10.1 Å². The Morgan fingerprint density at radius 3 is 2.58 bits per heavy atom. The van der Waals surface area contributed by atoms with Crippen LogP contribution in [-0.4, -0.2) is 32.8 Å². The molecule has 1 saturated heterocycles. The number of halogens is 2. The molecule has 1 aliphatic heterocycles. The Morgan fingerprint density at radius 2 is 2.00 bits per heavy atom. The van der Waals surface area contributed by atoms with E-state index < -0.39 is 11.8 Å². The van der Waals surface area contributed by atoms with Gasteiger partial charge in [0, 0.05) is 11.5 Å². The molecule has 1 aromatic carbocycles. The van der Waals surface area contributed by atoms with Crippen molar-refractivity contribution < 1.29 is 18.7 Å². The molecule has 1 saturated carbocycles. The highest BCUT2D eigenvalue weighted by atomic mass is 35.5. The van der Waals surface area contributed by atoms with Gasteiger partial charge < -0.3 is 14.8 Å². The van der Waals surface area contributed by atoms with E-state index in [4.69, 9.17) is 4.74 Å². The number of rotatable bonds is 5. The molecule has 0 unspecified atom stereocenters. The van der Waals surface area contributed by atoms with Gasteiger partial charge in [-0.3, -0.25) is 0 Å². The second-order valence-corrected chi connectivity index (χ2v) is 6.99. The predicted octanol–water partition coefficient (Wildman–Crippen LogP) is 3.68. The zero-order valence-corrected chi connectivity index (χ0v) is 15.0. The Labute approximate surface area is 148 Å². The fourth-order valence-electron chi connectivity index (χ4n) is 3.10. The Bertz CT molecular complexity index is 598. The highest BCUT2D eigenvalue weighted by Gasteiger charge is 2.32. The van der Waals surface area contributed by atoms with Crippen LogP contribution in [0.15, 0.2) is 12.1 Å². The molecule has 0 radical (unpaired) electrons. The third-order valence-corrected chi connectivity index (χ3v) is 4.91. The summed E-state index contributed by atoms with van der Waals surface area (Å²) in [5.74, 6) is -0.264. The molecule has 2 fully saturated rings. The lowest BCUT2D eigenvalue weighted by atomic mass is 9.82. The summed E-state index contributed by atoms with van der Waals surface area (Å²) in [6.45, 7) is 4.77. The largest absolute Gasteiger partial charge is 0.493 e. The fourth-order valence-corrected chi connectivity index (χ4v) is 3.10. The third-order valence-electron chi connectivity index (χ3n) is 4.91. The SMILES string of the molecule is COC(=O)c1cc(C2CC2)c(OCC2(C)CCNCC2)cc1F.Cl. The van der Waals surface area contributed by atoms with Crippen molar-refractivity contribution in [2.24, 2.45) is 5.41 Å². The van der Waals surface area contributed by atoms with Crippen LogP contribution in [0.4, 0.5) is 4.39 Å². The second-order valence-electron chi connectivity index (χ2n) is 6.99. The first-order valence-corrected chi connectivity index (χ1v) is 8.28. The maximum absolute atomic E-state index is 14.2. The second kappa shape index (κ2) is 7.70. The predicted molar refractivity (Wildman–Crippen MR) is 92.7 cm³/mol. The van der Waals surface area contributed by atoms with Crippen molar-refractivity contribution in [3.05, 3.63) is 29.1 Å². The van der Waals surface area contributed by atoms with Crippen molar-refractivity contribution in [1.29, 1.82) is 0 Å². The molecule has 0 spiro atoms. The van der Waals surface area contributed by atoms with Crippen LogP contribution in [0.25, 0.3) is 0 Å². The molecule has 24 heavy (non-hydrogen) atoms. The van der Waals surface area contributed by atoms with Crippen molar-refractivity contribution in [3.63, 3.8) is 0 Å². The third kappa shape index (κ3) is 4.19. The lowest BCUT2D eigenvalue weighted by Gasteiger charge is -2.34. The molecular formula is C18H25ClFNO3. The number of carbonyl (C=O) groups is 1. The smallest absolute Gasteiger partial charge is 0.340 e. The molecule has 1 aromatic rings. The summed E-state index contributed by atoms with van der Waals surface area (Å²) >= 11 is 0. The fraction of sp³-hybridized carbons (Fsp3) is 0.611. The van der Waals surface area contributed by atoms with E-state index in [1.165, 1.54) is 13.2 Å². The van der Waals surface area contributed by atoms with E-state index in [0.717, 1.165) is 44.3 Å². The number of hydrogen-bond acceptors (Lipinski definition) is 4. The van der Waals surface area contributed by atoms with E-state index in [0.29, 0.717) is 18.3 Å². The van der Waals surface area contributed by atoms with Crippen LogP contribution in [0, 0.1) is 11.2 Å². The average Bonchev–Trinajstić information content (AvgIpc) is 3.38. The summed E-state index contributed by atoms with van der Waals surface area (Å²) in [5.41, 5.74) is 1.04. The van der Waals surface area contributed by atoms with E-state index >= 15 is 0 Å². The maximum atomic E-state index is 14.2. The normalized spacial score (nSPS) is 19.3. The summed E-state index contributed by atoms with van der Waals surface area (Å²) in [6, 6.07) is 2.96. The molecule has 1 heterocycles. The van der Waals surface area contributed by atoms with Crippen molar-refractivity contribution in [2.45, 2.75) is 38.5 Å². The number of carbonyl (C=O) groups excluding carboxylic acids is 1. The number of piperidine rings is 1. The van der Waals surface area contributed by atoms with Crippen LogP contribution >= 0.6 is 12.4 Å². The molecule has 0 bridgehead atoms. The molecule has 1 N–H and O–H groups in total. The number of hydrogen-bond donors (Lipinski definition) is 1. The molecular weight excluding hydrogens is 333 g/mol. The van der Waals surface area contributed by atoms with Crippen LogP contribution in [0.5, 0.6) is 5.75 Å². The molecule has 0 atom stereocenters. The lowest BCUT2D eigenvalue weighted by molar-refractivity contribution is 0.0595. The van der Waals surface area contributed by atoms with E-state index in [9.17, 15) is 9.18 Å². The number of ether oxygens (including phenoxy) is 2. The van der Waals surface area contributed by atoms with Crippen LogP contribution in [0.1, 0.15) is 54.4 Å². The van der Waals surface area contributed by atoms with Gasteiger partial charge in [-0.25, -0.2) is 9.18 Å². The number of methoxy groups -OCH3 is 1. The van der Waals surface area contributed by atoms with Gasteiger partial charge >= 0.3 is 5.97 Å². The van der Waals surface area contributed by atoms with Crippen LogP contribution in [-0.2, 0) is 4.74 Å². The first-order chi connectivity index (χ1) is 11.0. The minimum absolute atomic E-state index is 0. The zero-order valence-electron chi connectivity index (χ0n) is 14.2. The van der Waals surface area contributed by atoms with Crippen molar-refractivity contribution in [2.75, 3.05) is 26.8 Å². The highest BCUT2D eigenvalue weighted by Crippen LogP contribution is 2.45. The van der Waals surface area contributed by atoms with E-state index in [1.807, 2.05) is 0 Å². The first kappa shape index (κ1) is 19.0. The zero-order chi connectivity index (χ0) is 16.4. The van der Waals surface area contributed by atoms with Gasteiger partial charge in [-0.15, -0.1) is 12.4 Å². The van der Waals surface area contributed by atoms with Crippen molar-refractivity contribution in [3.8, 4) is 5.75 Å². The maximum Gasteiger partial charge on any atom is 0.340 e. The van der Waals surface area contributed by atoms with Crippen LogP contribution in [0.3, 0.4) is 0 Å². The molecule has 0 aromatic heterocycles. The van der Waals surface area contributed by atoms with Gasteiger partial charge in [-0.05, 0) is 56.3 Å². The van der Waals surface area contributed by atoms with Gasteiger partial charge in [0.15, 0.2) is 0 Å². The van der Waals surface area contributed by atoms with Gasteiger partial charge in [0.1, 0.15) is 11.6 Å². The minimum Gasteiger partial charge on any atom is -0.493 e. The Balaban J connectivity index is 0.00000208. The molecule has 0 amide bonds. The molecule has 6 heteroatoms. The Morgan fingerprint density at radius 1 is 1.33 bits per heavy atom. The van der Waals surface area contributed by atoms with Crippen molar-refractivity contribution >= 4 is 18.4 Å². The topological polar surface area (TPSA) is 47.6 Å². The van der Waals surface area contributed by atoms with Gasteiger partial charge in [0.2, 0.25) is 0 Å². The summed E-state index contributed by atoms with van der Waals surface area (Å²) in [7, 11) is 1.26. The van der Waals surface area contributed by atoms with Gasteiger partial charge in [0.05, 0.1) is 19.3 Å². The quantitative estimate of drug-likeness (QED) is 0.817. The molecule has 2 aliphatic rings.